The molecule has 2 heterocycles. The third-order valence-electron chi connectivity index (χ3n) is 2.87. The van der Waals surface area contributed by atoms with E-state index in [4.69, 9.17) is 21.1 Å². The number of nitrogens with zero attached hydrogens (tertiary/aromatic N) is 1. The van der Waals surface area contributed by atoms with Crippen molar-refractivity contribution in [2.75, 3.05) is 6.61 Å². The summed E-state index contributed by atoms with van der Waals surface area (Å²) in [5, 5.41) is 7.47. The van der Waals surface area contributed by atoms with E-state index in [2.05, 4.69) is 4.98 Å². The largest absolute Gasteiger partial charge is 0.482 e. The fourth-order valence-corrected chi connectivity index (χ4v) is 3.40. The number of benzene rings is 1. The third-order valence-corrected chi connectivity index (χ3v) is 4.75. The molecule has 118 valence electrons. The van der Waals surface area contributed by atoms with Gasteiger partial charge in [-0.3, -0.25) is 0 Å². The van der Waals surface area contributed by atoms with Gasteiger partial charge in [0.25, 0.3) is 0 Å². The molecule has 3 rings (SSSR count). The number of ether oxygens (including phenoxy) is 2. The zero-order valence-electron chi connectivity index (χ0n) is 11.9. The van der Waals surface area contributed by atoms with E-state index in [1.807, 2.05) is 22.2 Å². The predicted molar refractivity (Wildman–Crippen MR) is 92.2 cm³/mol. The molecule has 7 heteroatoms. The van der Waals surface area contributed by atoms with Crippen LogP contribution in [0.15, 0.2) is 46.5 Å². The molecule has 0 spiro atoms. The molecule has 0 fully saturated rings. The lowest BCUT2D eigenvalue weighted by atomic mass is 10.3. The molecule has 0 radical (unpaired) electrons. The molecule has 0 unspecified atom stereocenters. The second-order valence-electron chi connectivity index (χ2n) is 4.56. The Balaban J connectivity index is 1.46. The van der Waals surface area contributed by atoms with Crippen molar-refractivity contribution in [2.24, 2.45) is 0 Å². The molecular weight excluding hydrogens is 354 g/mol. The number of hydrogen-bond donors (Lipinski definition) is 0. The van der Waals surface area contributed by atoms with Crippen LogP contribution in [0.4, 0.5) is 0 Å². The van der Waals surface area contributed by atoms with Crippen LogP contribution in [0.3, 0.4) is 0 Å². The minimum absolute atomic E-state index is 0.142. The van der Waals surface area contributed by atoms with Crippen molar-refractivity contribution in [1.82, 2.24) is 4.98 Å². The molecule has 4 nitrogen and oxygen atoms in total. The van der Waals surface area contributed by atoms with Gasteiger partial charge in [-0.2, -0.15) is 11.3 Å². The van der Waals surface area contributed by atoms with Gasteiger partial charge in [0.2, 0.25) is 0 Å². The summed E-state index contributed by atoms with van der Waals surface area (Å²) in [6.45, 7) is -0.00734. The van der Waals surface area contributed by atoms with E-state index in [-0.39, 0.29) is 13.2 Å². The molecule has 0 saturated carbocycles. The lowest BCUT2D eigenvalue weighted by Gasteiger charge is -2.06. The van der Waals surface area contributed by atoms with Crippen molar-refractivity contribution in [1.29, 1.82) is 0 Å². The van der Waals surface area contributed by atoms with Crippen molar-refractivity contribution in [3.8, 4) is 16.3 Å². The normalized spacial score (nSPS) is 10.5. The molecule has 3 aromatic rings. The van der Waals surface area contributed by atoms with Crippen LogP contribution in [-0.2, 0) is 16.1 Å². The first-order valence-electron chi connectivity index (χ1n) is 6.71. The number of thiophene rings is 1. The maximum atomic E-state index is 11.7. The van der Waals surface area contributed by atoms with E-state index in [9.17, 15) is 4.79 Å². The minimum atomic E-state index is -0.440. The Bertz CT molecular complexity index is 769. The van der Waals surface area contributed by atoms with Gasteiger partial charge in [0.1, 0.15) is 17.4 Å². The van der Waals surface area contributed by atoms with Crippen molar-refractivity contribution >= 4 is 40.2 Å². The number of hydrogen-bond acceptors (Lipinski definition) is 6. The number of carbonyl (C=O) groups excluding carboxylic acids is 1. The molecular formula is C16H12ClNO3S2. The van der Waals surface area contributed by atoms with Crippen molar-refractivity contribution in [3.05, 3.63) is 57.2 Å². The molecule has 0 bridgehead atoms. The minimum Gasteiger partial charge on any atom is -0.482 e. The van der Waals surface area contributed by atoms with Gasteiger partial charge >= 0.3 is 5.97 Å². The van der Waals surface area contributed by atoms with Gasteiger partial charge in [-0.25, -0.2) is 9.78 Å². The Hall–Kier alpha value is -1.89. The average Bonchev–Trinajstić information content (AvgIpc) is 3.23. The smallest absolute Gasteiger partial charge is 0.344 e. The summed E-state index contributed by atoms with van der Waals surface area (Å²) in [7, 11) is 0. The first kappa shape index (κ1) is 16.0. The van der Waals surface area contributed by atoms with E-state index in [1.165, 1.54) is 11.3 Å². The second kappa shape index (κ2) is 7.59. The van der Waals surface area contributed by atoms with Crippen molar-refractivity contribution in [3.63, 3.8) is 0 Å². The quantitative estimate of drug-likeness (QED) is 0.597. The van der Waals surface area contributed by atoms with E-state index in [1.54, 1.807) is 35.6 Å². The van der Waals surface area contributed by atoms with Crippen LogP contribution in [0.25, 0.3) is 10.6 Å². The molecule has 0 aliphatic rings. The molecule has 0 atom stereocenters. The molecule has 2 aromatic heterocycles. The molecule has 0 aliphatic heterocycles. The Morgan fingerprint density at radius 2 is 2.00 bits per heavy atom. The summed E-state index contributed by atoms with van der Waals surface area (Å²) in [6.07, 6.45) is 0. The summed E-state index contributed by atoms with van der Waals surface area (Å²) in [6, 6.07) is 8.80. The lowest BCUT2D eigenvalue weighted by Crippen LogP contribution is -2.14. The number of aromatic nitrogens is 1. The standard InChI is InChI=1S/C16H12ClNO3S2/c17-12-1-3-14(4-2-12)20-8-15(19)21-7-13-10-23-16(18-13)11-5-6-22-9-11/h1-6,9-10H,7-8H2. The van der Waals surface area contributed by atoms with Crippen LogP contribution >= 0.6 is 34.3 Å². The zero-order valence-corrected chi connectivity index (χ0v) is 14.3. The first-order chi connectivity index (χ1) is 11.2. The molecule has 0 amide bonds. The summed E-state index contributed by atoms with van der Waals surface area (Å²) in [5.74, 6) is 0.129. The number of esters is 1. The monoisotopic (exact) mass is 365 g/mol. The topological polar surface area (TPSA) is 48.4 Å². The summed E-state index contributed by atoms with van der Waals surface area (Å²) in [4.78, 5) is 16.1. The second-order valence-corrected chi connectivity index (χ2v) is 6.63. The molecule has 1 aromatic carbocycles. The summed E-state index contributed by atoms with van der Waals surface area (Å²) >= 11 is 8.93. The van der Waals surface area contributed by atoms with Crippen LogP contribution in [-0.4, -0.2) is 17.6 Å². The first-order valence-corrected chi connectivity index (χ1v) is 8.92. The number of halogens is 1. The SMILES string of the molecule is O=C(COc1ccc(Cl)cc1)OCc1csc(-c2ccsc2)n1. The number of rotatable bonds is 6. The van der Waals surface area contributed by atoms with Crippen molar-refractivity contribution < 1.29 is 14.3 Å². The predicted octanol–water partition coefficient (Wildman–Crippen LogP) is 4.65. The van der Waals surface area contributed by atoms with E-state index >= 15 is 0 Å². The van der Waals surface area contributed by atoms with E-state index in [0.717, 1.165) is 16.3 Å². The van der Waals surface area contributed by atoms with Gasteiger partial charge in [-0.05, 0) is 35.7 Å². The van der Waals surface area contributed by atoms with E-state index < -0.39 is 5.97 Å². The molecule has 0 saturated heterocycles. The molecule has 0 aliphatic carbocycles. The highest BCUT2D eigenvalue weighted by Gasteiger charge is 2.09. The molecule has 0 N–H and O–H groups in total. The Morgan fingerprint density at radius 3 is 2.74 bits per heavy atom. The van der Waals surface area contributed by atoms with Crippen LogP contribution in [0, 0.1) is 0 Å². The third kappa shape index (κ3) is 4.54. The Labute approximate surface area is 146 Å². The fourth-order valence-electron chi connectivity index (χ4n) is 1.76. The van der Waals surface area contributed by atoms with Crippen LogP contribution in [0.5, 0.6) is 5.75 Å². The average molecular weight is 366 g/mol. The van der Waals surface area contributed by atoms with Crippen LogP contribution in [0.1, 0.15) is 5.69 Å². The van der Waals surface area contributed by atoms with Gasteiger partial charge in [-0.1, -0.05) is 11.6 Å². The van der Waals surface area contributed by atoms with Gasteiger partial charge < -0.3 is 9.47 Å². The fraction of sp³-hybridized carbons (Fsp3) is 0.125. The summed E-state index contributed by atoms with van der Waals surface area (Å²) < 4.78 is 10.5. The summed E-state index contributed by atoms with van der Waals surface area (Å²) in [5.41, 5.74) is 1.82. The highest BCUT2D eigenvalue weighted by Crippen LogP contribution is 2.25. The van der Waals surface area contributed by atoms with Gasteiger partial charge in [0.15, 0.2) is 6.61 Å². The highest BCUT2D eigenvalue weighted by atomic mass is 35.5. The zero-order chi connectivity index (χ0) is 16.1. The number of carbonyl (C=O) groups is 1. The van der Waals surface area contributed by atoms with Crippen LogP contribution < -0.4 is 4.74 Å². The van der Waals surface area contributed by atoms with Crippen LogP contribution in [0.2, 0.25) is 5.02 Å². The maximum absolute atomic E-state index is 11.7. The van der Waals surface area contributed by atoms with E-state index in [0.29, 0.717) is 10.8 Å². The van der Waals surface area contributed by atoms with Crippen molar-refractivity contribution in [2.45, 2.75) is 6.61 Å². The number of thiazole rings is 1. The highest BCUT2D eigenvalue weighted by molar-refractivity contribution is 7.14. The molecule has 23 heavy (non-hydrogen) atoms. The Morgan fingerprint density at radius 1 is 1.17 bits per heavy atom. The van der Waals surface area contributed by atoms with Gasteiger partial charge in [-0.15, -0.1) is 11.3 Å². The van der Waals surface area contributed by atoms with Gasteiger partial charge in [0.05, 0.1) is 5.69 Å². The van der Waals surface area contributed by atoms with Gasteiger partial charge in [0, 0.05) is 21.3 Å². The maximum Gasteiger partial charge on any atom is 0.344 e. The Kier molecular flexibility index (Phi) is 5.27. The lowest BCUT2D eigenvalue weighted by molar-refractivity contribution is -0.147.